The predicted octanol–water partition coefficient (Wildman–Crippen LogP) is 1.72. The van der Waals surface area contributed by atoms with Crippen molar-refractivity contribution < 1.29 is 4.79 Å². The van der Waals surface area contributed by atoms with Crippen LogP contribution in [0.5, 0.6) is 0 Å². The molecule has 0 aliphatic heterocycles. The fourth-order valence-corrected chi connectivity index (χ4v) is 1.39. The molecule has 1 aromatic carbocycles. The molecule has 2 rings (SSSR count). The zero-order valence-corrected chi connectivity index (χ0v) is 9.55. The lowest BCUT2D eigenvalue weighted by molar-refractivity contribution is 0.0945. The van der Waals surface area contributed by atoms with Gasteiger partial charge in [0, 0.05) is 6.54 Å². The van der Waals surface area contributed by atoms with Crippen LogP contribution in [0.25, 0.3) is 0 Å². The van der Waals surface area contributed by atoms with E-state index in [2.05, 4.69) is 15.5 Å². The van der Waals surface area contributed by atoms with E-state index in [9.17, 15) is 4.79 Å². The molecule has 1 amide bonds. The number of nitrogens with one attached hydrogen (secondary N) is 1. The largest absolute Gasteiger partial charge is 0.347 e. The van der Waals surface area contributed by atoms with Crippen LogP contribution >= 0.6 is 0 Å². The number of hydrogen-bond donors (Lipinski definition) is 1. The van der Waals surface area contributed by atoms with E-state index in [0.717, 1.165) is 11.3 Å². The predicted molar refractivity (Wildman–Crippen MR) is 64.4 cm³/mol. The first-order valence-corrected chi connectivity index (χ1v) is 5.38. The van der Waals surface area contributed by atoms with Crippen LogP contribution in [0.15, 0.2) is 42.5 Å². The molecule has 0 radical (unpaired) electrons. The molecule has 0 bridgehead atoms. The van der Waals surface area contributed by atoms with Gasteiger partial charge in [0.1, 0.15) is 0 Å². The molecule has 86 valence electrons. The van der Waals surface area contributed by atoms with E-state index in [1.54, 1.807) is 12.1 Å². The van der Waals surface area contributed by atoms with Crippen LogP contribution in [0.4, 0.5) is 0 Å². The van der Waals surface area contributed by atoms with Crippen molar-refractivity contribution in [3.63, 3.8) is 0 Å². The Morgan fingerprint density at radius 3 is 2.53 bits per heavy atom. The lowest BCUT2D eigenvalue weighted by Gasteiger charge is -2.04. The van der Waals surface area contributed by atoms with Gasteiger partial charge in [-0.05, 0) is 24.6 Å². The first-order valence-electron chi connectivity index (χ1n) is 5.38. The maximum atomic E-state index is 11.7. The van der Waals surface area contributed by atoms with Gasteiger partial charge < -0.3 is 5.32 Å². The molecule has 17 heavy (non-hydrogen) atoms. The Bertz CT molecular complexity index is 494. The van der Waals surface area contributed by atoms with E-state index in [-0.39, 0.29) is 5.91 Å². The lowest BCUT2D eigenvalue weighted by Crippen LogP contribution is -2.24. The van der Waals surface area contributed by atoms with Crippen LogP contribution in [0, 0.1) is 6.92 Å². The van der Waals surface area contributed by atoms with Crippen molar-refractivity contribution in [2.24, 2.45) is 0 Å². The van der Waals surface area contributed by atoms with Gasteiger partial charge in [-0.2, -0.15) is 5.10 Å². The summed E-state index contributed by atoms with van der Waals surface area (Å²) in [7, 11) is 0. The Kier molecular flexibility index (Phi) is 3.45. The molecule has 4 heteroatoms. The van der Waals surface area contributed by atoms with E-state index in [4.69, 9.17) is 0 Å². The third-order valence-corrected chi connectivity index (χ3v) is 2.33. The highest BCUT2D eigenvalue weighted by atomic mass is 16.1. The van der Waals surface area contributed by atoms with Crippen molar-refractivity contribution in [2.75, 3.05) is 0 Å². The molecule has 0 saturated heterocycles. The van der Waals surface area contributed by atoms with Gasteiger partial charge in [-0.1, -0.05) is 30.3 Å². The summed E-state index contributed by atoms with van der Waals surface area (Å²) in [6.07, 6.45) is 0. The summed E-state index contributed by atoms with van der Waals surface area (Å²) in [4.78, 5) is 11.7. The van der Waals surface area contributed by atoms with E-state index in [1.807, 2.05) is 37.3 Å². The number of hydrogen-bond acceptors (Lipinski definition) is 3. The molecule has 0 spiro atoms. The zero-order chi connectivity index (χ0) is 12.1. The van der Waals surface area contributed by atoms with E-state index >= 15 is 0 Å². The van der Waals surface area contributed by atoms with Crippen molar-refractivity contribution >= 4 is 5.91 Å². The summed E-state index contributed by atoms with van der Waals surface area (Å²) in [5.41, 5.74) is 2.19. The molecule has 1 heterocycles. The number of carbonyl (C=O) groups excluding carboxylic acids is 1. The number of aromatic nitrogens is 2. The summed E-state index contributed by atoms with van der Waals surface area (Å²) in [5, 5.41) is 10.5. The SMILES string of the molecule is Cc1ccc(C(=O)NCc2ccccc2)nn1. The molecule has 1 aromatic heterocycles. The molecule has 0 aliphatic rings. The maximum absolute atomic E-state index is 11.7. The van der Waals surface area contributed by atoms with Crippen molar-refractivity contribution in [2.45, 2.75) is 13.5 Å². The van der Waals surface area contributed by atoms with Gasteiger partial charge in [0.05, 0.1) is 5.69 Å². The third-order valence-electron chi connectivity index (χ3n) is 2.33. The number of amides is 1. The molecule has 0 unspecified atom stereocenters. The second-order valence-corrected chi connectivity index (χ2v) is 3.73. The molecule has 0 saturated carbocycles. The highest BCUT2D eigenvalue weighted by Gasteiger charge is 2.06. The van der Waals surface area contributed by atoms with Crippen LogP contribution in [-0.4, -0.2) is 16.1 Å². The monoisotopic (exact) mass is 227 g/mol. The fraction of sp³-hybridized carbons (Fsp3) is 0.154. The minimum absolute atomic E-state index is 0.207. The molecule has 0 atom stereocenters. The van der Waals surface area contributed by atoms with Gasteiger partial charge >= 0.3 is 0 Å². The van der Waals surface area contributed by atoms with Gasteiger partial charge in [0.15, 0.2) is 5.69 Å². The minimum Gasteiger partial charge on any atom is -0.347 e. The van der Waals surface area contributed by atoms with Crippen molar-refractivity contribution in [3.8, 4) is 0 Å². The van der Waals surface area contributed by atoms with Crippen molar-refractivity contribution in [3.05, 3.63) is 59.4 Å². The smallest absolute Gasteiger partial charge is 0.272 e. The average Bonchev–Trinajstić information content (AvgIpc) is 2.38. The van der Waals surface area contributed by atoms with Gasteiger partial charge in [0.25, 0.3) is 5.91 Å². The third kappa shape index (κ3) is 3.11. The summed E-state index contributed by atoms with van der Waals surface area (Å²) < 4.78 is 0. The maximum Gasteiger partial charge on any atom is 0.272 e. The quantitative estimate of drug-likeness (QED) is 0.868. The number of aryl methyl sites for hydroxylation is 1. The molecule has 0 aliphatic carbocycles. The first-order chi connectivity index (χ1) is 8.25. The molecular formula is C13H13N3O. The minimum atomic E-state index is -0.207. The second-order valence-electron chi connectivity index (χ2n) is 3.73. The molecule has 1 N–H and O–H groups in total. The zero-order valence-electron chi connectivity index (χ0n) is 9.55. The Balaban J connectivity index is 1.96. The molecule has 2 aromatic rings. The summed E-state index contributed by atoms with van der Waals surface area (Å²) in [6, 6.07) is 13.2. The van der Waals surface area contributed by atoms with Gasteiger partial charge in [-0.25, -0.2) is 0 Å². The van der Waals surface area contributed by atoms with Crippen LogP contribution in [0.2, 0.25) is 0 Å². The highest BCUT2D eigenvalue weighted by Crippen LogP contribution is 1.99. The van der Waals surface area contributed by atoms with Crippen molar-refractivity contribution in [1.29, 1.82) is 0 Å². The van der Waals surface area contributed by atoms with Crippen LogP contribution in [0.3, 0.4) is 0 Å². The molecule has 4 nitrogen and oxygen atoms in total. The summed E-state index contributed by atoms with van der Waals surface area (Å²) in [6.45, 7) is 2.33. The van der Waals surface area contributed by atoms with Gasteiger partial charge in [-0.3, -0.25) is 4.79 Å². The van der Waals surface area contributed by atoms with E-state index < -0.39 is 0 Å². The van der Waals surface area contributed by atoms with Gasteiger partial charge in [0.2, 0.25) is 0 Å². The lowest BCUT2D eigenvalue weighted by atomic mass is 10.2. The second kappa shape index (κ2) is 5.21. The standard InChI is InChI=1S/C13H13N3O/c1-10-7-8-12(16-15-10)13(17)14-9-11-5-3-2-4-6-11/h2-8H,9H2,1H3,(H,14,17). The number of carbonyl (C=O) groups is 1. The van der Waals surface area contributed by atoms with E-state index in [0.29, 0.717) is 12.2 Å². The number of rotatable bonds is 3. The van der Waals surface area contributed by atoms with Crippen LogP contribution < -0.4 is 5.32 Å². The van der Waals surface area contributed by atoms with Crippen LogP contribution in [-0.2, 0) is 6.54 Å². The Labute approximate surface area is 99.7 Å². The summed E-state index contributed by atoms with van der Waals surface area (Å²) >= 11 is 0. The molecular weight excluding hydrogens is 214 g/mol. The van der Waals surface area contributed by atoms with Crippen molar-refractivity contribution in [1.82, 2.24) is 15.5 Å². The average molecular weight is 227 g/mol. The highest BCUT2D eigenvalue weighted by molar-refractivity contribution is 5.91. The molecule has 0 fully saturated rings. The Hall–Kier alpha value is -2.23. The fourth-order valence-electron chi connectivity index (χ4n) is 1.39. The van der Waals surface area contributed by atoms with Crippen LogP contribution in [0.1, 0.15) is 21.7 Å². The van der Waals surface area contributed by atoms with E-state index in [1.165, 1.54) is 0 Å². The topological polar surface area (TPSA) is 54.9 Å². The number of benzene rings is 1. The van der Waals surface area contributed by atoms with Gasteiger partial charge in [-0.15, -0.1) is 5.10 Å². The number of nitrogens with zero attached hydrogens (tertiary/aromatic N) is 2. The summed E-state index contributed by atoms with van der Waals surface area (Å²) in [5.74, 6) is -0.207. The Morgan fingerprint density at radius 1 is 1.12 bits per heavy atom. The normalized spacial score (nSPS) is 9.94. The first kappa shape index (κ1) is 11.3. The Morgan fingerprint density at radius 2 is 1.88 bits per heavy atom.